The molecule has 1 aromatic heterocycles. The van der Waals surface area contributed by atoms with Crippen LogP contribution in [0.4, 0.5) is 5.95 Å². The van der Waals surface area contributed by atoms with Gasteiger partial charge in [0.05, 0.1) is 0 Å². The fourth-order valence-corrected chi connectivity index (χ4v) is 3.03. The zero-order chi connectivity index (χ0) is 13.3. The van der Waals surface area contributed by atoms with Gasteiger partial charge in [0.15, 0.2) is 0 Å². The lowest BCUT2D eigenvalue weighted by atomic mass is 10.1. The molecular formula is C16H29N3. The first-order valence-electron chi connectivity index (χ1n) is 8.18. The summed E-state index contributed by atoms with van der Waals surface area (Å²) in [5, 5.41) is 3.51. The van der Waals surface area contributed by atoms with Gasteiger partial charge in [0, 0.05) is 25.0 Å². The molecule has 1 heterocycles. The highest BCUT2D eigenvalue weighted by molar-refractivity contribution is 5.26. The number of anilines is 1. The Morgan fingerprint density at radius 3 is 2.68 bits per heavy atom. The van der Waals surface area contributed by atoms with E-state index in [1.807, 2.05) is 6.20 Å². The lowest BCUT2D eigenvalue weighted by Crippen LogP contribution is -2.11. The van der Waals surface area contributed by atoms with Crippen molar-refractivity contribution in [1.82, 2.24) is 9.55 Å². The van der Waals surface area contributed by atoms with E-state index in [0.717, 1.165) is 12.5 Å². The SMILES string of the molecule is CCCCCCCCNc1nccn1C1CCCC1. The number of nitrogens with zero attached hydrogens (tertiary/aromatic N) is 2. The number of rotatable bonds is 9. The first-order chi connectivity index (χ1) is 9.42. The molecule has 1 aliphatic carbocycles. The van der Waals surface area contributed by atoms with Crippen LogP contribution in [0.15, 0.2) is 12.4 Å². The number of hydrogen-bond acceptors (Lipinski definition) is 2. The highest BCUT2D eigenvalue weighted by atomic mass is 15.2. The number of nitrogens with one attached hydrogen (secondary N) is 1. The van der Waals surface area contributed by atoms with Gasteiger partial charge in [-0.1, -0.05) is 51.9 Å². The molecule has 0 spiro atoms. The Morgan fingerprint density at radius 2 is 1.89 bits per heavy atom. The van der Waals surface area contributed by atoms with Crippen molar-refractivity contribution in [2.45, 2.75) is 77.2 Å². The second-order valence-electron chi connectivity index (χ2n) is 5.79. The van der Waals surface area contributed by atoms with E-state index in [1.54, 1.807) is 0 Å². The Bertz CT molecular complexity index is 340. The Balaban J connectivity index is 1.64. The summed E-state index contributed by atoms with van der Waals surface area (Å²) in [4.78, 5) is 4.46. The average molecular weight is 263 g/mol. The molecular weight excluding hydrogens is 234 g/mol. The van der Waals surface area contributed by atoms with Crippen LogP contribution in [-0.2, 0) is 0 Å². The van der Waals surface area contributed by atoms with E-state index in [4.69, 9.17) is 0 Å². The molecule has 1 N–H and O–H groups in total. The molecule has 1 fully saturated rings. The van der Waals surface area contributed by atoms with Crippen LogP contribution < -0.4 is 5.32 Å². The monoisotopic (exact) mass is 263 g/mol. The van der Waals surface area contributed by atoms with E-state index in [1.165, 1.54) is 64.2 Å². The molecule has 1 saturated carbocycles. The zero-order valence-corrected chi connectivity index (χ0v) is 12.4. The lowest BCUT2D eigenvalue weighted by Gasteiger charge is -2.15. The predicted molar refractivity (Wildman–Crippen MR) is 81.6 cm³/mol. The van der Waals surface area contributed by atoms with Crippen molar-refractivity contribution < 1.29 is 0 Å². The summed E-state index contributed by atoms with van der Waals surface area (Å²) in [7, 11) is 0. The molecule has 0 aromatic carbocycles. The minimum Gasteiger partial charge on any atom is -0.356 e. The van der Waals surface area contributed by atoms with E-state index in [2.05, 4.69) is 28.0 Å². The predicted octanol–water partition coefficient (Wildman–Crippen LogP) is 4.77. The average Bonchev–Trinajstić information content (AvgIpc) is 3.08. The number of aromatic nitrogens is 2. The maximum atomic E-state index is 4.46. The van der Waals surface area contributed by atoms with Gasteiger partial charge in [-0.2, -0.15) is 0 Å². The largest absolute Gasteiger partial charge is 0.356 e. The van der Waals surface area contributed by atoms with Crippen molar-refractivity contribution in [3.05, 3.63) is 12.4 Å². The number of unbranched alkanes of at least 4 members (excludes halogenated alkanes) is 5. The molecule has 0 aliphatic heterocycles. The van der Waals surface area contributed by atoms with Crippen molar-refractivity contribution >= 4 is 5.95 Å². The molecule has 0 bridgehead atoms. The Hall–Kier alpha value is -0.990. The zero-order valence-electron chi connectivity index (χ0n) is 12.4. The summed E-state index contributed by atoms with van der Waals surface area (Å²) in [5.74, 6) is 1.08. The molecule has 0 saturated heterocycles. The van der Waals surface area contributed by atoms with Crippen LogP contribution in [0.25, 0.3) is 0 Å². The van der Waals surface area contributed by atoms with E-state index in [0.29, 0.717) is 6.04 Å². The lowest BCUT2D eigenvalue weighted by molar-refractivity contribution is 0.522. The van der Waals surface area contributed by atoms with Crippen molar-refractivity contribution in [3.8, 4) is 0 Å². The molecule has 3 nitrogen and oxygen atoms in total. The molecule has 1 aromatic rings. The molecule has 108 valence electrons. The highest BCUT2D eigenvalue weighted by Crippen LogP contribution is 2.31. The molecule has 2 rings (SSSR count). The molecule has 1 aliphatic rings. The van der Waals surface area contributed by atoms with Gasteiger partial charge >= 0.3 is 0 Å². The van der Waals surface area contributed by atoms with Crippen LogP contribution in [0.1, 0.15) is 77.2 Å². The summed E-state index contributed by atoms with van der Waals surface area (Å²) in [5.41, 5.74) is 0. The van der Waals surface area contributed by atoms with Gasteiger partial charge in [-0.05, 0) is 19.3 Å². The van der Waals surface area contributed by atoms with Crippen molar-refractivity contribution in [2.75, 3.05) is 11.9 Å². The highest BCUT2D eigenvalue weighted by Gasteiger charge is 2.18. The van der Waals surface area contributed by atoms with Crippen molar-refractivity contribution in [3.63, 3.8) is 0 Å². The molecule has 19 heavy (non-hydrogen) atoms. The molecule has 0 amide bonds. The smallest absolute Gasteiger partial charge is 0.203 e. The van der Waals surface area contributed by atoms with Gasteiger partial charge in [-0.15, -0.1) is 0 Å². The summed E-state index contributed by atoms with van der Waals surface area (Å²) in [6.07, 6.45) is 17.6. The Morgan fingerprint density at radius 1 is 1.16 bits per heavy atom. The van der Waals surface area contributed by atoms with Gasteiger partial charge in [0.2, 0.25) is 5.95 Å². The van der Waals surface area contributed by atoms with Crippen LogP contribution in [0, 0.1) is 0 Å². The van der Waals surface area contributed by atoms with Crippen LogP contribution in [0.5, 0.6) is 0 Å². The third kappa shape index (κ3) is 4.55. The summed E-state index contributed by atoms with van der Waals surface area (Å²) >= 11 is 0. The minimum atomic E-state index is 0.689. The maximum absolute atomic E-state index is 4.46. The molecule has 3 heteroatoms. The second kappa shape index (κ2) is 8.23. The fourth-order valence-electron chi connectivity index (χ4n) is 3.03. The van der Waals surface area contributed by atoms with E-state index < -0.39 is 0 Å². The Kier molecular flexibility index (Phi) is 6.25. The third-order valence-corrected chi connectivity index (χ3v) is 4.20. The topological polar surface area (TPSA) is 29.9 Å². The van der Waals surface area contributed by atoms with Crippen LogP contribution in [0.2, 0.25) is 0 Å². The molecule has 0 radical (unpaired) electrons. The van der Waals surface area contributed by atoms with Gasteiger partial charge in [-0.3, -0.25) is 0 Å². The third-order valence-electron chi connectivity index (χ3n) is 4.20. The molecule has 0 unspecified atom stereocenters. The summed E-state index contributed by atoms with van der Waals surface area (Å²) < 4.78 is 2.35. The quantitative estimate of drug-likeness (QED) is 0.650. The Labute approximate surface area is 117 Å². The van der Waals surface area contributed by atoms with Gasteiger partial charge in [0.1, 0.15) is 0 Å². The van der Waals surface area contributed by atoms with Crippen LogP contribution in [-0.4, -0.2) is 16.1 Å². The van der Waals surface area contributed by atoms with E-state index >= 15 is 0 Å². The van der Waals surface area contributed by atoms with Crippen LogP contribution in [0.3, 0.4) is 0 Å². The minimum absolute atomic E-state index is 0.689. The first kappa shape index (κ1) is 14.4. The van der Waals surface area contributed by atoms with E-state index in [-0.39, 0.29) is 0 Å². The van der Waals surface area contributed by atoms with Crippen molar-refractivity contribution in [2.24, 2.45) is 0 Å². The number of hydrogen-bond donors (Lipinski definition) is 1. The van der Waals surface area contributed by atoms with Gasteiger partial charge < -0.3 is 9.88 Å². The van der Waals surface area contributed by atoms with Gasteiger partial charge in [-0.25, -0.2) is 4.98 Å². The standard InChI is InChI=1S/C16H29N3/c1-2-3-4-5-6-9-12-17-16-18-13-14-19(16)15-10-7-8-11-15/h13-15H,2-12H2,1H3,(H,17,18). The van der Waals surface area contributed by atoms with Crippen molar-refractivity contribution in [1.29, 1.82) is 0 Å². The second-order valence-corrected chi connectivity index (χ2v) is 5.79. The molecule has 0 atom stereocenters. The first-order valence-corrected chi connectivity index (χ1v) is 8.18. The van der Waals surface area contributed by atoms with Gasteiger partial charge in [0.25, 0.3) is 0 Å². The summed E-state index contributed by atoms with van der Waals surface area (Å²) in [6, 6.07) is 0.689. The normalized spacial score (nSPS) is 16.1. The fraction of sp³-hybridized carbons (Fsp3) is 0.812. The van der Waals surface area contributed by atoms with Crippen LogP contribution >= 0.6 is 0 Å². The maximum Gasteiger partial charge on any atom is 0.203 e. The number of imidazole rings is 1. The van der Waals surface area contributed by atoms with E-state index in [9.17, 15) is 0 Å². The summed E-state index contributed by atoms with van der Waals surface area (Å²) in [6.45, 7) is 3.33.